The first-order valence-corrected chi connectivity index (χ1v) is 10.5. The van der Waals surface area contributed by atoms with E-state index in [1.54, 1.807) is 26.6 Å². The van der Waals surface area contributed by atoms with E-state index in [1.807, 2.05) is 14.0 Å². The van der Waals surface area contributed by atoms with E-state index in [4.69, 9.17) is 9.72 Å². The van der Waals surface area contributed by atoms with Gasteiger partial charge in [-0.1, -0.05) is 6.07 Å². The molecule has 0 unspecified atom stereocenters. The number of carbonyl (C=O) groups excluding carboxylic acids is 1. The number of hydrogen-bond acceptors (Lipinski definition) is 6. The summed E-state index contributed by atoms with van der Waals surface area (Å²) in [5, 5.41) is 6.17. The third-order valence-electron chi connectivity index (χ3n) is 5.50. The minimum atomic E-state index is -0.219. The van der Waals surface area contributed by atoms with Crippen molar-refractivity contribution in [2.75, 3.05) is 33.1 Å². The minimum absolute atomic E-state index is 0.116. The molecule has 3 aromatic rings. The van der Waals surface area contributed by atoms with Gasteiger partial charge in [0.15, 0.2) is 5.65 Å². The molecule has 8 nitrogen and oxygen atoms in total. The topological polar surface area (TPSA) is 104 Å². The Morgan fingerprint density at radius 1 is 1.35 bits per heavy atom. The Bertz CT molecular complexity index is 1130. The number of benzene rings is 1. The second kappa shape index (κ2) is 8.85. The Morgan fingerprint density at radius 2 is 2.16 bits per heavy atom. The zero-order valence-electron chi connectivity index (χ0n) is 18.3. The van der Waals surface area contributed by atoms with Crippen molar-refractivity contribution in [3.8, 4) is 0 Å². The highest BCUT2D eigenvalue weighted by Gasteiger charge is 2.25. The van der Waals surface area contributed by atoms with Crippen molar-refractivity contribution in [1.29, 1.82) is 0 Å². The van der Waals surface area contributed by atoms with Gasteiger partial charge < -0.3 is 20.4 Å². The number of methoxy groups -OCH3 is 1. The van der Waals surface area contributed by atoms with Gasteiger partial charge in [-0.3, -0.25) is 9.79 Å². The molecule has 1 amide bonds. The van der Waals surface area contributed by atoms with Crippen LogP contribution in [0.1, 0.15) is 52.9 Å². The second-order valence-corrected chi connectivity index (χ2v) is 7.89. The Balaban J connectivity index is 1.72. The highest BCUT2D eigenvalue weighted by Crippen LogP contribution is 2.41. The summed E-state index contributed by atoms with van der Waals surface area (Å²) in [4.78, 5) is 29.6. The molecule has 0 bridgehead atoms. The van der Waals surface area contributed by atoms with Gasteiger partial charge in [-0.2, -0.15) is 0 Å². The number of anilines is 1. The number of rotatable bonds is 8. The van der Waals surface area contributed by atoms with Crippen molar-refractivity contribution in [3.63, 3.8) is 0 Å². The standard InChI is InChI=1S/C23H28N6O2/c1-13(12-31-4)28-23(30)17-10-26-22-21(17)29-19(11-27-22)20(25-3)16-9-15(14-5-6-14)7-8-18(16)24-2/h7-11,13-14,24H,5-6,12H2,1-4H3,(H,26,27)(H,28,30)/b25-20+/t13-/m0/s1. The van der Waals surface area contributed by atoms with Gasteiger partial charge in [0.1, 0.15) is 11.2 Å². The first-order chi connectivity index (χ1) is 15.0. The van der Waals surface area contributed by atoms with Crippen molar-refractivity contribution in [2.24, 2.45) is 4.99 Å². The second-order valence-electron chi connectivity index (χ2n) is 7.89. The lowest BCUT2D eigenvalue weighted by Crippen LogP contribution is -2.35. The molecule has 2 heterocycles. The van der Waals surface area contributed by atoms with Crippen LogP contribution in [0.3, 0.4) is 0 Å². The molecule has 162 valence electrons. The zero-order valence-corrected chi connectivity index (χ0v) is 18.3. The maximum atomic E-state index is 12.8. The fourth-order valence-electron chi connectivity index (χ4n) is 3.79. The van der Waals surface area contributed by atoms with Crippen LogP contribution in [0.2, 0.25) is 0 Å². The minimum Gasteiger partial charge on any atom is -0.388 e. The molecule has 2 aromatic heterocycles. The number of aromatic nitrogens is 3. The van der Waals surface area contributed by atoms with E-state index in [-0.39, 0.29) is 11.9 Å². The number of aliphatic imine (C=N–C) groups is 1. The number of carbonyl (C=O) groups is 1. The smallest absolute Gasteiger partial charge is 0.255 e. The molecule has 1 saturated carbocycles. The van der Waals surface area contributed by atoms with Gasteiger partial charge in [-0.05, 0) is 43.4 Å². The number of amides is 1. The van der Waals surface area contributed by atoms with E-state index in [9.17, 15) is 4.79 Å². The molecule has 8 heteroatoms. The van der Waals surface area contributed by atoms with E-state index < -0.39 is 0 Å². The van der Waals surface area contributed by atoms with Crippen molar-refractivity contribution < 1.29 is 9.53 Å². The quantitative estimate of drug-likeness (QED) is 0.486. The summed E-state index contributed by atoms with van der Waals surface area (Å²) in [7, 11) is 5.25. The molecule has 0 saturated heterocycles. The lowest BCUT2D eigenvalue weighted by atomic mass is 9.99. The van der Waals surface area contributed by atoms with Crippen molar-refractivity contribution in [2.45, 2.75) is 31.7 Å². The Kier molecular flexibility index (Phi) is 5.99. The van der Waals surface area contributed by atoms with E-state index >= 15 is 0 Å². The molecule has 1 atom stereocenters. The number of nitrogens with one attached hydrogen (secondary N) is 3. The molecular formula is C23H28N6O2. The fraction of sp³-hybridized carbons (Fsp3) is 0.391. The van der Waals surface area contributed by atoms with Gasteiger partial charge in [-0.25, -0.2) is 9.97 Å². The molecule has 1 aliphatic rings. The third-order valence-corrected chi connectivity index (χ3v) is 5.50. The van der Waals surface area contributed by atoms with Gasteiger partial charge in [0.2, 0.25) is 0 Å². The average molecular weight is 421 g/mol. The van der Waals surface area contributed by atoms with Gasteiger partial charge in [-0.15, -0.1) is 0 Å². The normalized spacial score (nSPS) is 15.2. The van der Waals surface area contributed by atoms with Gasteiger partial charge in [0.25, 0.3) is 5.91 Å². The van der Waals surface area contributed by atoms with E-state index in [1.165, 1.54) is 18.4 Å². The molecule has 3 N–H and O–H groups in total. The maximum absolute atomic E-state index is 12.8. The summed E-state index contributed by atoms with van der Waals surface area (Å²) in [6, 6.07) is 6.33. The average Bonchev–Trinajstić information content (AvgIpc) is 3.53. The SMILES string of the molecule is C/N=C(/c1cnc2[nH]cc(C(=O)N[C@@H](C)COC)c2n1)c1cc(C2CC2)ccc1NC. The monoisotopic (exact) mass is 420 g/mol. The van der Waals surface area contributed by atoms with Crippen LogP contribution in [0, 0.1) is 0 Å². The summed E-state index contributed by atoms with van der Waals surface area (Å²) in [5.41, 5.74) is 6.17. The predicted molar refractivity (Wildman–Crippen MR) is 122 cm³/mol. The summed E-state index contributed by atoms with van der Waals surface area (Å²) >= 11 is 0. The van der Waals surface area contributed by atoms with E-state index in [0.717, 1.165) is 17.0 Å². The van der Waals surface area contributed by atoms with E-state index in [2.05, 4.69) is 43.8 Å². The first-order valence-electron chi connectivity index (χ1n) is 10.5. The van der Waals surface area contributed by atoms with E-state index in [0.29, 0.717) is 34.9 Å². The number of ether oxygens (including phenoxy) is 1. The van der Waals surface area contributed by atoms with Gasteiger partial charge in [0.05, 0.1) is 24.1 Å². The molecular weight excluding hydrogens is 392 g/mol. The van der Waals surface area contributed by atoms with Crippen LogP contribution in [0.5, 0.6) is 0 Å². The molecule has 1 aliphatic carbocycles. The van der Waals surface area contributed by atoms with Crippen LogP contribution < -0.4 is 10.6 Å². The highest BCUT2D eigenvalue weighted by atomic mass is 16.5. The van der Waals surface area contributed by atoms with Gasteiger partial charge in [0, 0.05) is 44.7 Å². The van der Waals surface area contributed by atoms with Crippen molar-refractivity contribution >= 4 is 28.5 Å². The molecule has 4 rings (SSSR count). The first kappa shape index (κ1) is 21.0. The van der Waals surface area contributed by atoms with Gasteiger partial charge >= 0.3 is 0 Å². The van der Waals surface area contributed by atoms with Crippen LogP contribution in [0.15, 0.2) is 35.6 Å². The number of H-pyrrole nitrogens is 1. The number of hydrogen-bond donors (Lipinski definition) is 3. The van der Waals surface area contributed by atoms with Crippen molar-refractivity contribution in [3.05, 3.63) is 53.0 Å². The Morgan fingerprint density at radius 3 is 2.84 bits per heavy atom. The lowest BCUT2D eigenvalue weighted by molar-refractivity contribution is 0.0907. The van der Waals surface area contributed by atoms with Crippen molar-refractivity contribution in [1.82, 2.24) is 20.3 Å². The van der Waals surface area contributed by atoms with Crippen LogP contribution in [0.25, 0.3) is 11.2 Å². The van der Waals surface area contributed by atoms with Crippen LogP contribution in [0.4, 0.5) is 5.69 Å². The molecule has 0 spiro atoms. The fourth-order valence-corrected chi connectivity index (χ4v) is 3.79. The maximum Gasteiger partial charge on any atom is 0.255 e. The predicted octanol–water partition coefficient (Wildman–Crippen LogP) is 3.11. The molecule has 1 fully saturated rings. The summed E-state index contributed by atoms with van der Waals surface area (Å²) in [6.45, 7) is 2.32. The number of aromatic amines is 1. The molecule has 0 radical (unpaired) electrons. The lowest BCUT2D eigenvalue weighted by Gasteiger charge is -2.14. The van der Waals surface area contributed by atoms with Crippen LogP contribution >= 0.6 is 0 Å². The highest BCUT2D eigenvalue weighted by molar-refractivity contribution is 6.15. The summed E-state index contributed by atoms with van der Waals surface area (Å²) in [5.74, 6) is 0.411. The number of nitrogens with zero attached hydrogens (tertiary/aromatic N) is 3. The summed E-state index contributed by atoms with van der Waals surface area (Å²) in [6.07, 6.45) is 5.79. The third kappa shape index (κ3) is 4.29. The summed E-state index contributed by atoms with van der Waals surface area (Å²) < 4.78 is 5.10. The zero-order chi connectivity index (χ0) is 22.0. The Labute approximate surface area is 181 Å². The number of fused-ring (bicyclic) bond motifs is 1. The Hall–Kier alpha value is -3.26. The molecule has 31 heavy (non-hydrogen) atoms. The molecule has 0 aliphatic heterocycles. The van der Waals surface area contributed by atoms with Crippen LogP contribution in [-0.4, -0.2) is 60.4 Å². The largest absolute Gasteiger partial charge is 0.388 e. The van der Waals surface area contributed by atoms with Crippen LogP contribution in [-0.2, 0) is 4.74 Å². The molecule has 1 aromatic carbocycles.